The number of rotatable bonds is 2. The molecule has 0 unspecified atom stereocenters. The molecule has 0 aliphatic carbocycles. The molecule has 2 N–H and O–H groups in total. The molecule has 0 bridgehead atoms. The first-order chi connectivity index (χ1) is 11.6. The predicted octanol–water partition coefficient (Wildman–Crippen LogP) is 3.91. The van der Waals surface area contributed by atoms with E-state index in [9.17, 15) is 9.90 Å². The van der Waals surface area contributed by atoms with Gasteiger partial charge < -0.3 is 14.5 Å². The van der Waals surface area contributed by atoms with Crippen LogP contribution in [0.2, 0.25) is 0 Å². The van der Waals surface area contributed by atoms with Crippen LogP contribution >= 0.6 is 0 Å². The number of para-hydroxylation sites is 2. The fourth-order valence-electron chi connectivity index (χ4n) is 3.01. The highest BCUT2D eigenvalue weighted by Crippen LogP contribution is 2.31. The number of benzene rings is 2. The lowest BCUT2D eigenvalue weighted by atomic mass is 10.0. The fourth-order valence-corrected chi connectivity index (χ4v) is 3.01. The first kappa shape index (κ1) is 14.5. The molecule has 24 heavy (non-hydrogen) atoms. The first-order valence-corrected chi connectivity index (χ1v) is 7.82. The lowest BCUT2D eigenvalue weighted by Gasteiger charge is -2.09. The first-order valence-electron chi connectivity index (χ1n) is 7.82. The quantitative estimate of drug-likeness (QED) is 0.587. The zero-order valence-corrected chi connectivity index (χ0v) is 13.4. The van der Waals surface area contributed by atoms with Gasteiger partial charge in [-0.1, -0.05) is 19.1 Å². The topological polar surface area (TPSA) is 79.1 Å². The number of nitrogens with one attached hydrogen (secondary N) is 1. The number of aromatic hydroxyl groups is 1. The highest BCUT2D eigenvalue weighted by Gasteiger charge is 2.17. The highest BCUT2D eigenvalue weighted by molar-refractivity contribution is 5.87. The van der Waals surface area contributed by atoms with Crippen molar-refractivity contribution in [2.24, 2.45) is 0 Å². The molecule has 0 amide bonds. The van der Waals surface area contributed by atoms with E-state index in [1.54, 1.807) is 13.0 Å². The van der Waals surface area contributed by atoms with Crippen LogP contribution in [0, 0.1) is 6.92 Å². The Balaban J connectivity index is 2.02. The van der Waals surface area contributed by atoms with E-state index in [0.29, 0.717) is 34.3 Å². The summed E-state index contributed by atoms with van der Waals surface area (Å²) in [6.07, 6.45) is 2.04. The third-order valence-electron chi connectivity index (χ3n) is 4.37. The molecule has 5 nitrogen and oxygen atoms in total. The van der Waals surface area contributed by atoms with Gasteiger partial charge in [0.25, 0.3) is 0 Å². The van der Waals surface area contributed by atoms with Crippen molar-refractivity contribution < 1.29 is 9.52 Å². The third kappa shape index (κ3) is 2.01. The molecule has 0 fully saturated rings. The molecule has 4 rings (SSSR count). The van der Waals surface area contributed by atoms with Gasteiger partial charge in [-0.2, -0.15) is 0 Å². The van der Waals surface area contributed by atoms with Crippen molar-refractivity contribution in [3.05, 3.63) is 57.9 Å². The molecule has 0 atom stereocenters. The molecule has 2 heterocycles. The van der Waals surface area contributed by atoms with E-state index in [0.717, 1.165) is 16.6 Å². The molecule has 0 radical (unpaired) electrons. The van der Waals surface area contributed by atoms with Crippen LogP contribution in [0.15, 0.2) is 45.8 Å². The van der Waals surface area contributed by atoms with Crippen molar-refractivity contribution in [3.8, 4) is 17.1 Å². The normalized spacial score (nSPS) is 11.4. The second-order valence-electron chi connectivity index (χ2n) is 5.82. The summed E-state index contributed by atoms with van der Waals surface area (Å²) in [4.78, 5) is 20.6. The summed E-state index contributed by atoms with van der Waals surface area (Å²) in [7, 11) is 0. The summed E-state index contributed by atoms with van der Waals surface area (Å²) in [5.74, 6) is 0.667. The summed E-state index contributed by atoms with van der Waals surface area (Å²) in [5, 5.41) is 10.6. The van der Waals surface area contributed by atoms with Gasteiger partial charge in [0.15, 0.2) is 0 Å². The minimum atomic E-state index is -0.159. The van der Waals surface area contributed by atoms with Gasteiger partial charge in [-0.25, -0.2) is 4.98 Å². The molecule has 0 saturated carbocycles. The maximum absolute atomic E-state index is 12.9. The molecular formula is C19H16N2O3. The predicted molar refractivity (Wildman–Crippen MR) is 93.4 cm³/mol. The van der Waals surface area contributed by atoms with Crippen LogP contribution in [0.25, 0.3) is 33.4 Å². The van der Waals surface area contributed by atoms with E-state index in [2.05, 4.69) is 9.97 Å². The zero-order valence-electron chi connectivity index (χ0n) is 13.4. The molecule has 120 valence electrons. The van der Waals surface area contributed by atoms with Crippen molar-refractivity contribution in [1.29, 1.82) is 0 Å². The van der Waals surface area contributed by atoms with Crippen LogP contribution in [-0.4, -0.2) is 15.1 Å². The second-order valence-corrected chi connectivity index (χ2v) is 5.82. The van der Waals surface area contributed by atoms with E-state index >= 15 is 0 Å². The number of imidazole rings is 1. The number of aromatic nitrogens is 2. The SMILES string of the molecule is CCc1cc2c(=O)c(-c3nc4ccccc4[nH]3)coc2c(C)c1O. The average molecular weight is 320 g/mol. The summed E-state index contributed by atoms with van der Waals surface area (Å²) in [5.41, 5.74) is 3.60. The number of hydrogen-bond acceptors (Lipinski definition) is 4. The summed E-state index contributed by atoms with van der Waals surface area (Å²) >= 11 is 0. The minimum Gasteiger partial charge on any atom is -0.507 e. The van der Waals surface area contributed by atoms with E-state index in [1.165, 1.54) is 6.26 Å². The Morgan fingerprint density at radius 3 is 2.83 bits per heavy atom. The molecular weight excluding hydrogens is 304 g/mol. The minimum absolute atomic E-state index is 0.159. The van der Waals surface area contributed by atoms with Gasteiger partial charge in [0.2, 0.25) is 5.43 Å². The second kappa shape index (κ2) is 5.23. The Bertz CT molecular complexity index is 1110. The smallest absolute Gasteiger partial charge is 0.203 e. The Morgan fingerprint density at radius 2 is 2.08 bits per heavy atom. The third-order valence-corrected chi connectivity index (χ3v) is 4.37. The molecule has 4 aromatic rings. The fraction of sp³-hybridized carbons (Fsp3) is 0.158. The highest BCUT2D eigenvalue weighted by atomic mass is 16.3. The number of phenolic OH excluding ortho intramolecular Hbond substituents is 1. The van der Waals surface area contributed by atoms with Gasteiger partial charge >= 0.3 is 0 Å². The summed E-state index contributed by atoms with van der Waals surface area (Å²) < 4.78 is 5.67. The van der Waals surface area contributed by atoms with Gasteiger partial charge in [-0.15, -0.1) is 0 Å². The van der Waals surface area contributed by atoms with Crippen molar-refractivity contribution in [3.63, 3.8) is 0 Å². The lowest BCUT2D eigenvalue weighted by molar-refractivity contribution is 0.463. The summed E-state index contributed by atoms with van der Waals surface area (Å²) in [6, 6.07) is 9.30. The van der Waals surface area contributed by atoms with Crippen LogP contribution in [0.5, 0.6) is 5.75 Å². The maximum Gasteiger partial charge on any atom is 0.203 e. The average Bonchev–Trinajstić information content (AvgIpc) is 3.02. The number of fused-ring (bicyclic) bond motifs is 2. The van der Waals surface area contributed by atoms with Crippen LogP contribution < -0.4 is 5.43 Å². The number of phenols is 1. The molecule has 5 heteroatoms. The largest absolute Gasteiger partial charge is 0.507 e. The monoisotopic (exact) mass is 320 g/mol. The van der Waals surface area contributed by atoms with Gasteiger partial charge in [0, 0.05) is 5.56 Å². The molecule has 0 aliphatic heterocycles. The van der Waals surface area contributed by atoms with Crippen LogP contribution in [-0.2, 0) is 6.42 Å². The number of H-pyrrole nitrogens is 1. The Morgan fingerprint density at radius 1 is 1.29 bits per heavy atom. The Kier molecular flexibility index (Phi) is 3.16. The van der Waals surface area contributed by atoms with Gasteiger partial charge in [-0.05, 0) is 37.1 Å². The number of hydrogen-bond donors (Lipinski definition) is 2. The molecule has 0 spiro atoms. The van der Waals surface area contributed by atoms with E-state index < -0.39 is 0 Å². The molecule has 0 saturated heterocycles. The molecule has 2 aromatic carbocycles. The molecule has 0 aliphatic rings. The van der Waals surface area contributed by atoms with Crippen molar-refractivity contribution in [2.45, 2.75) is 20.3 Å². The van der Waals surface area contributed by atoms with Gasteiger partial charge in [0.1, 0.15) is 29.0 Å². The van der Waals surface area contributed by atoms with Crippen molar-refractivity contribution in [1.82, 2.24) is 9.97 Å². The summed E-state index contributed by atoms with van der Waals surface area (Å²) in [6.45, 7) is 3.69. The number of aryl methyl sites for hydroxylation is 2. The molecule has 2 aromatic heterocycles. The van der Waals surface area contributed by atoms with Crippen molar-refractivity contribution >= 4 is 22.0 Å². The Labute approximate surface area is 137 Å². The number of aromatic amines is 1. The van der Waals surface area contributed by atoms with Crippen LogP contribution in [0.3, 0.4) is 0 Å². The van der Waals surface area contributed by atoms with Crippen LogP contribution in [0.4, 0.5) is 0 Å². The van der Waals surface area contributed by atoms with Gasteiger partial charge in [-0.3, -0.25) is 4.79 Å². The van der Waals surface area contributed by atoms with Crippen molar-refractivity contribution in [2.75, 3.05) is 0 Å². The zero-order chi connectivity index (χ0) is 16.8. The van der Waals surface area contributed by atoms with E-state index in [-0.39, 0.29) is 11.2 Å². The standard InChI is InChI=1S/C19H16N2O3/c1-3-11-8-12-17(23)13(9-24-18(12)10(2)16(11)22)19-20-14-6-4-5-7-15(14)21-19/h4-9,22H,3H2,1-2H3,(H,20,21). The van der Waals surface area contributed by atoms with E-state index in [4.69, 9.17) is 4.42 Å². The van der Waals surface area contributed by atoms with E-state index in [1.807, 2.05) is 31.2 Å². The number of nitrogens with zero attached hydrogens (tertiary/aromatic N) is 1. The lowest BCUT2D eigenvalue weighted by Crippen LogP contribution is -2.07. The van der Waals surface area contributed by atoms with Gasteiger partial charge in [0.05, 0.1) is 16.4 Å². The Hall–Kier alpha value is -3.08. The maximum atomic E-state index is 12.9. The van der Waals surface area contributed by atoms with Crippen LogP contribution in [0.1, 0.15) is 18.1 Å².